The Balaban J connectivity index is 1.67. The topological polar surface area (TPSA) is 72.7 Å². The second-order valence-corrected chi connectivity index (χ2v) is 6.35. The molecule has 0 atom stereocenters. The van der Waals surface area contributed by atoms with Gasteiger partial charge in [0.2, 0.25) is 0 Å². The standard InChI is InChI=1S/C16H12FN5OS/c1-9-6-11(4-5-18-9)19-16(23)15-13-8-24-14-7-10(17)2-3-12(14)22(13)21-20-15/h2-7H,8H2,1H3,(H,18,19,23). The highest BCUT2D eigenvalue weighted by molar-refractivity contribution is 7.98. The van der Waals surface area contributed by atoms with Crippen LogP contribution in [0.25, 0.3) is 5.69 Å². The highest BCUT2D eigenvalue weighted by Gasteiger charge is 2.26. The number of halogens is 1. The Labute approximate surface area is 141 Å². The number of carbonyl (C=O) groups excluding carboxylic acids is 1. The Morgan fingerprint density at radius 2 is 2.21 bits per heavy atom. The molecule has 3 heterocycles. The number of rotatable bonds is 2. The molecule has 0 spiro atoms. The first-order chi connectivity index (χ1) is 11.6. The molecule has 0 radical (unpaired) electrons. The third kappa shape index (κ3) is 2.54. The van der Waals surface area contributed by atoms with E-state index in [9.17, 15) is 9.18 Å². The molecule has 0 unspecified atom stereocenters. The molecule has 4 rings (SSSR count). The lowest BCUT2D eigenvalue weighted by Crippen LogP contribution is -2.16. The Bertz CT molecular complexity index is 955. The molecule has 1 aromatic carbocycles. The number of fused-ring (bicyclic) bond motifs is 3. The fourth-order valence-corrected chi connectivity index (χ4v) is 3.59. The van der Waals surface area contributed by atoms with Crippen LogP contribution in [0.5, 0.6) is 0 Å². The Kier molecular flexibility index (Phi) is 3.53. The average Bonchev–Trinajstić information content (AvgIpc) is 2.99. The van der Waals surface area contributed by atoms with Gasteiger partial charge in [-0.15, -0.1) is 16.9 Å². The molecule has 0 saturated heterocycles. The van der Waals surface area contributed by atoms with Crippen LogP contribution in [-0.2, 0) is 5.75 Å². The van der Waals surface area contributed by atoms with Gasteiger partial charge in [-0.05, 0) is 37.3 Å². The van der Waals surface area contributed by atoms with Gasteiger partial charge in [-0.3, -0.25) is 9.78 Å². The third-order valence-electron chi connectivity index (χ3n) is 3.65. The molecule has 3 aromatic rings. The molecular formula is C16H12FN5OS. The molecular weight excluding hydrogens is 329 g/mol. The number of thioether (sulfide) groups is 1. The smallest absolute Gasteiger partial charge is 0.278 e. The van der Waals surface area contributed by atoms with Crippen molar-refractivity contribution < 1.29 is 9.18 Å². The number of amides is 1. The van der Waals surface area contributed by atoms with Crippen LogP contribution in [0.1, 0.15) is 21.9 Å². The van der Waals surface area contributed by atoms with E-state index in [-0.39, 0.29) is 17.4 Å². The lowest BCUT2D eigenvalue weighted by atomic mass is 10.2. The first-order valence-corrected chi connectivity index (χ1v) is 8.22. The van der Waals surface area contributed by atoms with E-state index in [1.54, 1.807) is 29.1 Å². The summed E-state index contributed by atoms with van der Waals surface area (Å²) in [5, 5.41) is 10.9. The summed E-state index contributed by atoms with van der Waals surface area (Å²) in [5.41, 5.74) is 3.16. The van der Waals surface area contributed by atoms with Gasteiger partial charge < -0.3 is 5.32 Å². The zero-order chi connectivity index (χ0) is 16.7. The van der Waals surface area contributed by atoms with Crippen molar-refractivity contribution in [3.8, 4) is 5.69 Å². The minimum atomic E-state index is -0.326. The zero-order valence-electron chi connectivity index (χ0n) is 12.7. The van der Waals surface area contributed by atoms with Gasteiger partial charge in [0, 0.05) is 28.2 Å². The van der Waals surface area contributed by atoms with Gasteiger partial charge in [0.25, 0.3) is 5.91 Å². The second-order valence-electron chi connectivity index (χ2n) is 5.34. The molecule has 0 saturated carbocycles. The molecule has 1 amide bonds. The molecule has 2 aromatic heterocycles. The van der Waals surface area contributed by atoms with E-state index < -0.39 is 0 Å². The van der Waals surface area contributed by atoms with E-state index in [1.807, 2.05) is 6.92 Å². The minimum Gasteiger partial charge on any atom is -0.320 e. The van der Waals surface area contributed by atoms with Gasteiger partial charge in [-0.1, -0.05) is 5.21 Å². The summed E-state index contributed by atoms with van der Waals surface area (Å²) >= 11 is 1.46. The van der Waals surface area contributed by atoms with Gasteiger partial charge in [-0.2, -0.15) is 0 Å². The molecule has 1 N–H and O–H groups in total. The minimum absolute atomic E-state index is 0.270. The monoisotopic (exact) mass is 341 g/mol. The Hall–Kier alpha value is -2.74. The number of hydrogen-bond acceptors (Lipinski definition) is 5. The zero-order valence-corrected chi connectivity index (χ0v) is 13.5. The first kappa shape index (κ1) is 14.8. The van der Waals surface area contributed by atoms with E-state index in [4.69, 9.17) is 0 Å². The van der Waals surface area contributed by atoms with E-state index in [0.717, 1.165) is 16.3 Å². The number of aryl methyl sites for hydroxylation is 1. The number of anilines is 1. The number of carbonyl (C=O) groups is 1. The fraction of sp³-hybridized carbons (Fsp3) is 0.125. The first-order valence-electron chi connectivity index (χ1n) is 7.23. The van der Waals surface area contributed by atoms with E-state index >= 15 is 0 Å². The summed E-state index contributed by atoms with van der Waals surface area (Å²) in [4.78, 5) is 17.4. The van der Waals surface area contributed by atoms with Gasteiger partial charge in [0.15, 0.2) is 5.69 Å². The van der Waals surface area contributed by atoms with E-state index in [1.165, 1.54) is 23.9 Å². The number of pyridine rings is 1. The summed E-state index contributed by atoms with van der Waals surface area (Å²) in [6.07, 6.45) is 1.63. The van der Waals surface area contributed by atoms with Gasteiger partial charge in [0.1, 0.15) is 5.82 Å². The van der Waals surface area contributed by atoms with Crippen molar-refractivity contribution >= 4 is 23.4 Å². The van der Waals surface area contributed by atoms with Crippen molar-refractivity contribution in [2.24, 2.45) is 0 Å². The number of benzene rings is 1. The lowest BCUT2D eigenvalue weighted by Gasteiger charge is -2.17. The molecule has 0 aliphatic carbocycles. The third-order valence-corrected chi connectivity index (χ3v) is 4.70. The molecule has 8 heteroatoms. The summed E-state index contributed by atoms with van der Waals surface area (Å²) in [6.45, 7) is 1.85. The lowest BCUT2D eigenvalue weighted by molar-refractivity contribution is 0.102. The SMILES string of the molecule is Cc1cc(NC(=O)c2nnn3c2CSc2cc(F)ccc2-3)ccn1. The van der Waals surface area contributed by atoms with E-state index in [0.29, 0.717) is 17.1 Å². The molecule has 6 nitrogen and oxygen atoms in total. The Morgan fingerprint density at radius 1 is 1.33 bits per heavy atom. The van der Waals surface area contributed by atoms with Crippen molar-refractivity contribution in [1.29, 1.82) is 0 Å². The maximum Gasteiger partial charge on any atom is 0.278 e. The van der Waals surface area contributed by atoms with Crippen molar-refractivity contribution in [3.05, 3.63) is 59.4 Å². The van der Waals surface area contributed by atoms with E-state index in [2.05, 4.69) is 20.6 Å². The van der Waals surface area contributed by atoms with Crippen LogP contribution in [0.4, 0.5) is 10.1 Å². The van der Waals surface area contributed by atoms with Crippen LogP contribution in [0.2, 0.25) is 0 Å². The van der Waals surface area contributed by atoms with Crippen LogP contribution < -0.4 is 5.32 Å². The highest BCUT2D eigenvalue weighted by Crippen LogP contribution is 2.35. The maximum absolute atomic E-state index is 13.4. The highest BCUT2D eigenvalue weighted by atomic mass is 32.2. The molecule has 0 bridgehead atoms. The molecule has 24 heavy (non-hydrogen) atoms. The second kappa shape index (κ2) is 5.72. The summed E-state index contributed by atoms with van der Waals surface area (Å²) in [6, 6.07) is 7.97. The predicted octanol–water partition coefficient (Wildman–Crippen LogP) is 2.97. The van der Waals surface area contributed by atoms with Crippen molar-refractivity contribution in [2.45, 2.75) is 17.6 Å². The van der Waals surface area contributed by atoms with Crippen molar-refractivity contribution in [2.75, 3.05) is 5.32 Å². The largest absolute Gasteiger partial charge is 0.320 e. The molecule has 0 fully saturated rings. The van der Waals surface area contributed by atoms with Crippen LogP contribution in [0, 0.1) is 12.7 Å². The molecule has 1 aliphatic rings. The number of nitrogens with one attached hydrogen (secondary N) is 1. The van der Waals surface area contributed by atoms with Crippen molar-refractivity contribution in [3.63, 3.8) is 0 Å². The van der Waals surface area contributed by atoms with Crippen molar-refractivity contribution in [1.82, 2.24) is 20.0 Å². The molecule has 120 valence electrons. The summed E-state index contributed by atoms with van der Waals surface area (Å²) < 4.78 is 14.9. The quantitative estimate of drug-likeness (QED) is 0.776. The number of hydrogen-bond donors (Lipinski definition) is 1. The average molecular weight is 341 g/mol. The maximum atomic E-state index is 13.4. The molecule has 1 aliphatic heterocycles. The van der Waals surface area contributed by atoms with Crippen LogP contribution in [-0.4, -0.2) is 25.9 Å². The van der Waals surface area contributed by atoms with Gasteiger partial charge in [0.05, 0.1) is 11.4 Å². The summed E-state index contributed by atoms with van der Waals surface area (Å²) in [7, 11) is 0. The number of nitrogens with zero attached hydrogens (tertiary/aromatic N) is 4. The van der Waals surface area contributed by atoms with Gasteiger partial charge in [-0.25, -0.2) is 9.07 Å². The Morgan fingerprint density at radius 3 is 3.04 bits per heavy atom. The van der Waals surface area contributed by atoms with Gasteiger partial charge >= 0.3 is 0 Å². The van der Waals surface area contributed by atoms with Crippen LogP contribution >= 0.6 is 11.8 Å². The normalized spacial score (nSPS) is 12.4. The van der Waals surface area contributed by atoms with Crippen LogP contribution in [0.3, 0.4) is 0 Å². The number of aromatic nitrogens is 4. The van der Waals surface area contributed by atoms with Crippen LogP contribution in [0.15, 0.2) is 41.4 Å². The fourth-order valence-electron chi connectivity index (χ4n) is 2.54. The predicted molar refractivity (Wildman–Crippen MR) is 87.8 cm³/mol. The summed E-state index contributed by atoms with van der Waals surface area (Å²) in [5.74, 6) is -0.120.